The van der Waals surface area contributed by atoms with Crippen molar-refractivity contribution in [1.82, 2.24) is 0 Å². The maximum absolute atomic E-state index is 6.09. The van der Waals surface area contributed by atoms with Crippen molar-refractivity contribution in [1.29, 1.82) is 0 Å². The zero-order chi connectivity index (χ0) is 14.5. The molecular weight excluding hydrogens is 246 g/mol. The Morgan fingerprint density at radius 3 is 2.40 bits per heavy atom. The van der Waals surface area contributed by atoms with Gasteiger partial charge in [-0.05, 0) is 37.5 Å². The quantitative estimate of drug-likeness (QED) is 0.893. The number of aryl methyl sites for hydroxylation is 2. The lowest BCUT2D eigenvalue weighted by Crippen LogP contribution is -2.27. The molecule has 2 rings (SSSR count). The Bertz CT molecular complexity index is 549. The Morgan fingerprint density at radius 1 is 1.05 bits per heavy atom. The summed E-state index contributed by atoms with van der Waals surface area (Å²) in [5.41, 5.74) is 10.9. The van der Waals surface area contributed by atoms with Crippen LogP contribution in [0.4, 0.5) is 0 Å². The maximum Gasteiger partial charge on any atom is 0.0977 e. The van der Waals surface area contributed by atoms with Crippen molar-refractivity contribution < 1.29 is 4.74 Å². The summed E-state index contributed by atoms with van der Waals surface area (Å²) in [6, 6.07) is 16.6. The molecule has 2 N–H and O–H groups in total. The van der Waals surface area contributed by atoms with E-state index in [2.05, 4.69) is 44.2 Å². The van der Waals surface area contributed by atoms with Gasteiger partial charge in [0.25, 0.3) is 0 Å². The molecule has 106 valence electrons. The third-order valence-electron chi connectivity index (χ3n) is 3.53. The van der Waals surface area contributed by atoms with Crippen LogP contribution in [-0.2, 0) is 11.3 Å². The van der Waals surface area contributed by atoms with E-state index in [4.69, 9.17) is 10.5 Å². The van der Waals surface area contributed by atoms with Gasteiger partial charge in [0.15, 0.2) is 0 Å². The molecule has 0 radical (unpaired) electrons. The van der Waals surface area contributed by atoms with Crippen LogP contribution in [0.3, 0.4) is 0 Å². The summed E-state index contributed by atoms with van der Waals surface area (Å²) in [6.45, 7) is 6.79. The Balaban J connectivity index is 2.12. The minimum atomic E-state index is -0.0730. The number of hydrogen-bond acceptors (Lipinski definition) is 2. The van der Waals surface area contributed by atoms with Crippen LogP contribution < -0.4 is 5.73 Å². The predicted molar refractivity (Wildman–Crippen MR) is 83.5 cm³/mol. The molecule has 0 spiro atoms. The van der Waals surface area contributed by atoms with Gasteiger partial charge in [0, 0.05) is 6.04 Å². The highest BCUT2D eigenvalue weighted by Crippen LogP contribution is 2.23. The average Bonchev–Trinajstić information content (AvgIpc) is 2.43. The van der Waals surface area contributed by atoms with E-state index >= 15 is 0 Å². The molecule has 0 fully saturated rings. The number of nitrogens with two attached hydrogens (primary N) is 1. The van der Waals surface area contributed by atoms with Crippen LogP contribution in [0.5, 0.6) is 0 Å². The summed E-state index contributed by atoms with van der Waals surface area (Å²) in [4.78, 5) is 0. The Morgan fingerprint density at radius 2 is 1.75 bits per heavy atom. The van der Waals surface area contributed by atoms with E-state index in [1.807, 2.05) is 25.1 Å². The van der Waals surface area contributed by atoms with Crippen LogP contribution >= 0.6 is 0 Å². The Labute approximate surface area is 121 Å². The number of ether oxygens (including phenoxy) is 1. The van der Waals surface area contributed by atoms with Crippen molar-refractivity contribution >= 4 is 0 Å². The lowest BCUT2D eigenvalue weighted by atomic mass is 10.0. The molecule has 0 saturated carbocycles. The molecule has 0 aromatic heterocycles. The molecule has 2 aromatic carbocycles. The van der Waals surface area contributed by atoms with Gasteiger partial charge < -0.3 is 10.5 Å². The van der Waals surface area contributed by atoms with Crippen LogP contribution in [0.15, 0.2) is 48.5 Å². The Hall–Kier alpha value is -1.64. The van der Waals surface area contributed by atoms with E-state index < -0.39 is 0 Å². The van der Waals surface area contributed by atoms with Crippen LogP contribution in [0.25, 0.3) is 0 Å². The predicted octanol–water partition coefficient (Wildman–Crippen LogP) is 3.91. The molecule has 0 bridgehead atoms. The Kier molecular flexibility index (Phi) is 4.94. The van der Waals surface area contributed by atoms with E-state index in [-0.39, 0.29) is 12.1 Å². The zero-order valence-electron chi connectivity index (χ0n) is 12.5. The van der Waals surface area contributed by atoms with Crippen LogP contribution in [0.2, 0.25) is 0 Å². The van der Waals surface area contributed by atoms with Crippen LogP contribution in [-0.4, -0.2) is 6.04 Å². The summed E-state index contributed by atoms with van der Waals surface area (Å²) >= 11 is 0. The van der Waals surface area contributed by atoms with Crippen LogP contribution in [0.1, 0.15) is 35.3 Å². The summed E-state index contributed by atoms with van der Waals surface area (Å²) in [6.07, 6.45) is -0.0730. The van der Waals surface area contributed by atoms with Crippen molar-refractivity contribution in [2.45, 2.75) is 39.5 Å². The topological polar surface area (TPSA) is 35.2 Å². The monoisotopic (exact) mass is 269 g/mol. The van der Waals surface area contributed by atoms with Crippen molar-refractivity contribution in [3.05, 3.63) is 70.8 Å². The minimum absolute atomic E-state index is 0.0393. The van der Waals surface area contributed by atoms with E-state index in [0.29, 0.717) is 6.61 Å². The van der Waals surface area contributed by atoms with Gasteiger partial charge in [0.1, 0.15) is 0 Å². The highest BCUT2D eigenvalue weighted by molar-refractivity contribution is 5.30. The van der Waals surface area contributed by atoms with Crippen molar-refractivity contribution in [3.63, 3.8) is 0 Å². The van der Waals surface area contributed by atoms with Gasteiger partial charge >= 0.3 is 0 Å². The molecule has 0 aliphatic rings. The average molecular weight is 269 g/mol. The fraction of sp³-hybridized carbons (Fsp3) is 0.333. The largest absolute Gasteiger partial charge is 0.367 e. The van der Waals surface area contributed by atoms with Gasteiger partial charge in [-0.2, -0.15) is 0 Å². The molecule has 0 aliphatic carbocycles. The first-order valence-electron chi connectivity index (χ1n) is 7.06. The third kappa shape index (κ3) is 3.69. The molecule has 0 aliphatic heterocycles. The van der Waals surface area contributed by atoms with Gasteiger partial charge in [-0.25, -0.2) is 0 Å². The molecule has 2 heteroatoms. The maximum atomic E-state index is 6.09. The van der Waals surface area contributed by atoms with E-state index in [1.54, 1.807) is 0 Å². The number of benzene rings is 2. The normalized spacial score (nSPS) is 14.0. The highest BCUT2D eigenvalue weighted by atomic mass is 16.5. The highest BCUT2D eigenvalue weighted by Gasteiger charge is 2.17. The van der Waals surface area contributed by atoms with Gasteiger partial charge in [0.2, 0.25) is 0 Å². The number of hydrogen-bond donors (Lipinski definition) is 1. The SMILES string of the molecule is Cc1ccc(C)c(COC(c2ccccc2)C(C)N)c1. The summed E-state index contributed by atoms with van der Waals surface area (Å²) < 4.78 is 6.09. The van der Waals surface area contributed by atoms with Gasteiger partial charge in [-0.1, -0.05) is 54.1 Å². The van der Waals surface area contributed by atoms with Crippen LogP contribution in [0, 0.1) is 13.8 Å². The number of rotatable bonds is 5. The summed E-state index contributed by atoms with van der Waals surface area (Å²) in [5, 5.41) is 0. The van der Waals surface area contributed by atoms with Gasteiger partial charge in [0.05, 0.1) is 12.7 Å². The lowest BCUT2D eigenvalue weighted by molar-refractivity contribution is 0.0256. The molecule has 2 atom stereocenters. The molecule has 0 amide bonds. The zero-order valence-corrected chi connectivity index (χ0v) is 12.5. The van der Waals surface area contributed by atoms with E-state index in [0.717, 1.165) is 5.56 Å². The summed E-state index contributed by atoms with van der Waals surface area (Å²) in [5.74, 6) is 0. The smallest absolute Gasteiger partial charge is 0.0977 e. The van der Waals surface area contributed by atoms with Gasteiger partial charge in [-0.3, -0.25) is 0 Å². The minimum Gasteiger partial charge on any atom is -0.367 e. The fourth-order valence-corrected chi connectivity index (χ4v) is 2.33. The third-order valence-corrected chi connectivity index (χ3v) is 3.53. The van der Waals surface area contributed by atoms with Crippen molar-refractivity contribution in [2.24, 2.45) is 5.73 Å². The lowest BCUT2D eigenvalue weighted by Gasteiger charge is -2.22. The first-order chi connectivity index (χ1) is 9.58. The standard InChI is InChI=1S/C18H23NO/c1-13-9-10-14(2)17(11-13)12-20-18(15(3)19)16-7-5-4-6-8-16/h4-11,15,18H,12,19H2,1-3H3. The van der Waals surface area contributed by atoms with Gasteiger partial charge in [-0.15, -0.1) is 0 Å². The van der Waals surface area contributed by atoms with E-state index in [1.165, 1.54) is 16.7 Å². The molecule has 0 heterocycles. The second kappa shape index (κ2) is 6.69. The van der Waals surface area contributed by atoms with Crippen molar-refractivity contribution in [2.75, 3.05) is 0 Å². The molecule has 0 saturated heterocycles. The summed E-state index contributed by atoms with van der Waals surface area (Å²) in [7, 11) is 0. The second-order valence-electron chi connectivity index (χ2n) is 5.43. The first kappa shape index (κ1) is 14.8. The van der Waals surface area contributed by atoms with E-state index in [9.17, 15) is 0 Å². The second-order valence-corrected chi connectivity index (χ2v) is 5.43. The molecule has 2 aromatic rings. The first-order valence-corrected chi connectivity index (χ1v) is 7.06. The molecule has 2 nitrogen and oxygen atoms in total. The molecule has 2 unspecified atom stereocenters. The molecule has 20 heavy (non-hydrogen) atoms. The van der Waals surface area contributed by atoms with Crippen molar-refractivity contribution in [3.8, 4) is 0 Å². The molecular formula is C18H23NO. The fourth-order valence-electron chi connectivity index (χ4n) is 2.33.